The first-order valence-corrected chi connectivity index (χ1v) is 7.17. The standard InChI is InChI=1S/C13H21N3O3/c17-12(15-9-3-4-9)11-8-19-7-6-16(11)13(18)10-2-1-5-14-10/h9-11,14H,1-8H2,(H,15,17)/t10-,11?/m1/s1. The van der Waals surface area contributed by atoms with Gasteiger partial charge in [-0.2, -0.15) is 0 Å². The van der Waals surface area contributed by atoms with Crippen LogP contribution in [0.5, 0.6) is 0 Å². The highest BCUT2D eigenvalue weighted by atomic mass is 16.5. The van der Waals surface area contributed by atoms with E-state index in [4.69, 9.17) is 4.74 Å². The number of ether oxygens (including phenoxy) is 1. The first-order chi connectivity index (χ1) is 9.25. The van der Waals surface area contributed by atoms with Crippen molar-refractivity contribution in [3.05, 3.63) is 0 Å². The fourth-order valence-electron chi connectivity index (χ4n) is 2.71. The number of hydrogen-bond donors (Lipinski definition) is 2. The third kappa shape index (κ3) is 2.90. The van der Waals surface area contributed by atoms with Crippen LogP contribution in [0.15, 0.2) is 0 Å². The number of hydrogen-bond acceptors (Lipinski definition) is 4. The Morgan fingerprint density at radius 1 is 1.26 bits per heavy atom. The van der Waals surface area contributed by atoms with Crippen molar-refractivity contribution >= 4 is 11.8 Å². The lowest BCUT2D eigenvalue weighted by Gasteiger charge is -2.36. The highest BCUT2D eigenvalue weighted by molar-refractivity contribution is 5.90. The first kappa shape index (κ1) is 12.9. The Hall–Kier alpha value is -1.14. The monoisotopic (exact) mass is 267 g/mol. The fraction of sp³-hybridized carbons (Fsp3) is 0.846. The second-order valence-corrected chi connectivity index (χ2v) is 5.55. The molecule has 3 fully saturated rings. The average molecular weight is 267 g/mol. The molecule has 0 aromatic carbocycles. The van der Waals surface area contributed by atoms with Gasteiger partial charge in [0, 0.05) is 12.6 Å². The molecule has 0 aromatic heterocycles. The van der Waals surface area contributed by atoms with Crippen LogP contribution in [-0.2, 0) is 14.3 Å². The maximum Gasteiger partial charge on any atom is 0.245 e. The van der Waals surface area contributed by atoms with Gasteiger partial charge in [0.1, 0.15) is 6.04 Å². The quantitative estimate of drug-likeness (QED) is 0.705. The van der Waals surface area contributed by atoms with Crippen molar-refractivity contribution in [2.75, 3.05) is 26.3 Å². The highest BCUT2D eigenvalue weighted by Gasteiger charge is 2.38. The largest absolute Gasteiger partial charge is 0.377 e. The molecule has 2 saturated heterocycles. The molecule has 0 aromatic rings. The van der Waals surface area contributed by atoms with Crippen molar-refractivity contribution < 1.29 is 14.3 Å². The predicted molar refractivity (Wildman–Crippen MR) is 68.5 cm³/mol. The van der Waals surface area contributed by atoms with Crippen molar-refractivity contribution in [1.82, 2.24) is 15.5 Å². The fourth-order valence-corrected chi connectivity index (χ4v) is 2.71. The molecule has 1 aliphatic carbocycles. The van der Waals surface area contributed by atoms with E-state index in [-0.39, 0.29) is 17.9 Å². The molecular weight excluding hydrogens is 246 g/mol. The lowest BCUT2D eigenvalue weighted by molar-refractivity contribution is -0.149. The van der Waals surface area contributed by atoms with E-state index in [1.165, 1.54) is 0 Å². The Bertz CT molecular complexity index is 364. The number of rotatable bonds is 3. The lowest BCUT2D eigenvalue weighted by atomic mass is 10.1. The van der Waals surface area contributed by atoms with Gasteiger partial charge in [0.2, 0.25) is 11.8 Å². The van der Waals surface area contributed by atoms with Gasteiger partial charge in [0.05, 0.1) is 19.3 Å². The Kier molecular flexibility index (Phi) is 3.70. The molecule has 19 heavy (non-hydrogen) atoms. The van der Waals surface area contributed by atoms with Crippen molar-refractivity contribution in [3.8, 4) is 0 Å². The normalized spacial score (nSPS) is 31.3. The number of carbonyl (C=O) groups is 2. The maximum absolute atomic E-state index is 12.4. The zero-order valence-corrected chi connectivity index (χ0v) is 11.1. The van der Waals surface area contributed by atoms with Gasteiger partial charge in [-0.05, 0) is 32.2 Å². The van der Waals surface area contributed by atoms with Crippen molar-refractivity contribution in [1.29, 1.82) is 0 Å². The Morgan fingerprint density at radius 3 is 2.79 bits per heavy atom. The van der Waals surface area contributed by atoms with Crippen LogP contribution >= 0.6 is 0 Å². The van der Waals surface area contributed by atoms with E-state index >= 15 is 0 Å². The van der Waals surface area contributed by atoms with Gasteiger partial charge in [-0.3, -0.25) is 9.59 Å². The van der Waals surface area contributed by atoms with Crippen LogP contribution < -0.4 is 10.6 Å². The van der Waals surface area contributed by atoms with Gasteiger partial charge >= 0.3 is 0 Å². The third-order valence-electron chi connectivity index (χ3n) is 4.00. The highest BCUT2D eigenvalue weighted by Crippen LogP contribution is 2.20. The van der Waals surface area contributed by atoms with E-state index in [0.29, 0.717) is 25.8 Å². The Balaban J connectivity index is 1.65. The zero-order chi connectivity index (χ0) is 13.2. The van der Waals surface area contributed by atoms with Crippen LogP contribution in [0.25, 0.3) is 0 Å². The molecule has 3 aliphatic rings. The molecule has 106 valence electrons. The van der Waals surface area contributed by atoms with Crippen molar-refractivity contribution in [3.63, 3.8) is 0 Å². The van der Waals surface area contributed by atoms with Crippen LogP contribution in [0.3, 0.4) is 0 Å². The minimum absolute atomic E-state index is 0.0525. The van der Waals surface area contributed by atoms with E-state index in [0.717, 1.165) is 32.2 Å². The molecule has 3 rings (SSSR count). The third-order valence-corrected chi connectivity index (χ3v) is 4.00. The molecule has 2 amide bonds. The maximum atomic E-state index is 12.4. The molecular formula is C13H21N3O3. The molecule has 0 spiro atoms. The second-order valence-electron chi connectivity index (χ2n) is 5.55. The van der Waals surface area contributed by atoms with Crippen LogP contribution in [0, 0.1) is 0 Å². The van der Waals surface area contributed by atoms with Crippen molar-refractivity contribution in [2.45, 2.75) is 43.8 Å². The molecule has 0 bridgehead atoms. The summed E-state index contributed by atoms with van der Waals surface area (Å²) in [5.74, 6) is -0.00899. The van der Waals surface area contributed by atoms with Gasteiger partial charge in [-0.1, -0.05) is 0 Å². The summed E-state index contributed by atoms with van der Waals surface area (Å²) in [5, 5.41) is 6.17. The van der Waals surface area contributed by atoms with E-state index in [1.54, 1.807) is 4.90 Å². The summed E-state index contributed by atoms with van der Waals surface area (Å²) in [6, 6.07) is -0.255. The molecule has 6 nitrogen and oxygen atoms in total. The van der Waals surface area contributed by atoms with Crippen LogP contribution in [0.1, 0.15) is 25.7 Å². The zero-order valence-electron chi connectivity index (χ0n) is 11.1. The molecule has 2 heterocycles. The van der Waals surface area contributed by atoms with Crippen LogP contribution in [0.4, 0.5) is 0 Å². The topological polar surface area (TPSA) is 70.7 Å². The summed E-state index contributed by atoms with van der Waals surface area (Å²) in [5.41, 5.74) is 0. The predicted octanol–water partition coefficient (Wildman–Crippen LogP) is -0.756. The summed E-state index contributed by atoms with van der Waals surface area (Å²) < 4.78 is 5.37. The first-order valence-electron chi connectivity index (χ1n) is 7.17. The second kappa shape index (κ2) is 5.46. The molecule has 2 aliphatic heterocycles. The summed E-state index contributed by atoms with van der Waals surface area (Å²) in [7, 11) is 0. The van der Waals surface area contributed by atoms with Gasteiger partial charge < -0.3 is 20.3 Å². The van der Waals surface area contributed by atoms with E-state index in [9.17, 15) is 9.59 Å². The van der Waals surface area contributed by atoms with Gasteiger partial charge in [0.25, 0.3) is 0 Å². The smallest absolute Gasteiger partial charge is 0.245 e. The number of morpholine rings is 1. The number of amides is 2. The van der Waals surface area contributed by atoms with Crippen molar-refractivity contribution in [2.24, 2.45) is 0 Å². The minimum Gasteiger partial charge on any atom is -0.377 e. The molecule has 1 unspecified atom stereocenters. The van der Waals surface area contributed by atoms with Gasteiger partial charge in [-0.15, -0.1) is 0 Å². The Labute approximate surface area is 112 Å². The summed E-state index contributed by atoms with van der Waals surface area (Å²) >= 11 is 0. The van der Waals surface area contributed by atoms with E-state index in [1.807, 2.05) is 0 Å². The summed E-state index contributed by atoms with van der Waals surface area (Å²) in [6.07, 6.45) is 4.00. The molecule has 2 atom stereocenters. The van der Waals surface area contributed by atoms with E-state index in [2.05, 4.69) is 10.6 Å². The van der Waals surface area contributed by atoms with Gasteiger partial charge in [-0.25, -0.2) is 0 Å². The minimum atomic E-state index is -0.454. The molecule has 1 saturated carbocycles. The van der Waals surface area contributed by atoms with Crippen LogP contribution in [0.2, 0.25) is 0 Å². The summed E-state index contributed by atoms with van der Waals surface area (Å²) in [6.45, 7) is 2.24. The average Bonchev–Trinajstić information content (AvgIpc) is 3.08. The van der Waals surface area contributed by atoms with Crippen LogP contribution in [-0.4, -0.2) is 61.1 Å². The van der Waals surface area contributed by atoms with E-state index < -0.39 is 6.04 Å². The molecule has 2 N–H and O–H groups in total. The molecule has 0 radical (unpaired) electrons. The number of carbonyl (C=O) groups excluding carboxylic acids is 2. The number of nitrogens with one attached hydrogen (secondary N) is 2. The van der Waals surface area contributed by atoms with Gasteiger partial charge in [0.15, 0.2) is 0 Å². The Morgan fingerprint density at radius 2 is 2.11 bits per heavy atom. The molecule has 6 heteroatoms. The number of nitrogens with zero attached hydrogens (tertiary/aromatic N) is 1. The SMILES string of the molecule is O=C(NC1CC1)C1COCCN1C(=O)[C@H]1CCCN1. The lowest BCUT2D eigenvalue weighted by Crippen LogP contribution is -2.59. The summed E-state index contributed by atoms with van der Waals surface area (Å²) in [4.78, 5) is 26.3.